The molecule has 0 aromatic heterocycles. The van der Waals surface area contributed by atoms with E-state index in [1.54, 1.807) is 13.0 Å². The van der Waals surface area contributed by atoms with Crippen LogP contribution in [0.1, 0.15) is 13.3 Å². The number of carbonyl (C=O) groups is 2. The average Bonchev–Trinajstić information content (AvgIpc) is 3.05. The highest BCUT2D eigenvalue weighted by Crippen LogP contribution is 2.40. The standard InChI is InChI=1S/C18H17NO4/c1-2-19-17(20)16(23-18(19)21)10-11-7-8-15-13(9-11)12-5-3-4-6-14(12)22-15/h3-7,9-10,12,14-15H,2,8H2,1H3/b16-10+. The number of ether oxygens (including phenoxy) is 2. The average molecular weight is 311 g/mol. The molecule has 3 atom stereocenters. The molecule has 0 bridgehead atoms. The normalized spacial score (nSPS) is 33.5. The van der Waals surface area contributed by atoms with Gasteiger partial charge in [-0.15, -0.1) is 0 Å². The number of nitrogens with zero attached hydrogens (tertiary/aromatic N) is 1. The van der Waals surface area contributed by atoms with Crippen LogP contribution in [0, 0.1) is 5.92 Å². The maximum absolute atomic E-state index is 12.1. The topological polar surface area (TPSA) is 55.8 Å². The van der Waals surface area contributed by atoms with Crippen molar-refractivity contribution in [3.05, 3.63) is 59.4 Å². The van der Waals surface area contributed by atoms with Gasteiger partial charge in [0.1, 0.15) is 0 Å². The van der Waals surface area contributed by atoms with Crippen LogP contribution in [0.3, 0.4) is 0 Å². The summed E-state index contributed by atoms with van der Waals surface area (Å²) in [6.07, 6.45) is 14.3. The van der Waals surface area contributed by atoms with Crippen molar-refractivity contribution >= 4 is 12.0 Å². The second-order valence-corrected chi connectivity index (χ2v) is 5.90. The van der Waals surface area contributed by atoms with Gasteiger partial charge in [0, 0.05) is 12.5 Å². The van der Waals surface area contributed by atoms with Gasteiger partial charge in [-0.25, -0.2) is 9.69 Å². The molecule has 0 spiro atoms. The number of carbonyl (C=O) groups excluding carboxylic acids is 2. The molecule has 2 aliphatic carbocycles. The second-order valence-electron chi connectivity index (χ2n) is 5.90. The second kappa shape index (κ2) is 5.35. The van der Waals surface area contributed by atoms with Gasteiger partial charge in [-0.05, 0) is 30.6 Å². The van der Waals surface area contributed by atoms with E-state index in [9.17, 15) is 9.59 Å². The molecule has 0 saturated carbocycles. The largest absolute Gasteiger partial charge is 0.422 e. The number of hydrogen-bond acceptors (Lipinski definition) is 4. The fourth-order valence-electron chi connectivity index (χ4n) is 3.40. The summed E-state index contributed by atoms with van der Waals surface area (Å²) in [6.45, 7) is 2.05. The summed E-state index contributed by atoms with van der Waals surface area (Å²) in [5.41, 5.74) is 2.10. The number of rotatable bonds is 2. The maximum atomic E-state index is 12.1. The monoisotopic (exact) mass is 311 g/mol. The first-order valence-electron chi connectivity index (χ1n) is 7.85. The van der Waals surface area contributed by atoms with Crippen molar-refractivity contribution in [2.24, 2.45) is 5.92 Å². The molecular weight excluding hydrogens is 294 g/mol. The Morgan fingerprint density at radius 1 is 1.30 bits per heavy atom. The minimum absolute atomic E-state index is 0.0907. The van der Waals surface area contributed by atoms with Gasteiger partial charge >= 0.3 is 6.09 Å². The summed E-state index contributed by atoms with van der Waals surface area (Å²) < 4.78 is 11.1. The van der Waals surface area contributed by atoms with Gasteiger partial charge in [-0.1, -0.05) is 36.5 Å². The smallest absolute Gasteiger partial charge is 0.404 e. The van der Waals surface area contributed by atoms with E-state index in [1.807, 2.05) is 24.3 Å². The van der Waals surface area contributed by atoms with Crippen LogP contribution in [-0.4, -0.2) is 35.7 Å². The van der Waals surface area contributed by atoms with Gasteiger partial charge in [-0.3, -0.25) is 4.79 Å². The molecule has 4 rings (SSSR count). The molecule has 2 amide bonds. The Hall–Kier alpha value is -2.40. The molecule has 3 unspecified atom stereocenters. The third-order valence-electron chi connectivity index (χ3n) is 4.55. The van der Waals surface area contributed by atoms with Gasteiger partial charge in [0.05, 0.1) is 12.2 Å². The Labute approximate surface area is 134 Å². The van der Waals surface area contributed by atoms with Crippen LogP contribution in [0.5, 0.6) is 0 Å². The highest BCUT2D eigenvalue weighted by atomic mass is 16.6. The summed E-state index contributed by atoms with van der Waals surface area (Å²) in [5.74, 6) is -0.0333. The van der Waals surface area contributed by atoms with E-state index in [0.717, 1.165) is 16.9 Å². The summed E-state index contributed by atoms with van der Waals surface area (Å²) >= 11 is 0. The van der Waals surface area contributed by atoms with Crippen molar-refractivity contribution in [2.75, 3.05) is 6.54 Å². The van der Waals surface area contributed by atoms with Crippen molar-refractivity contribution in [3.63, 3.8) is 0 Å². The van der Waals surface area contributed by atoms with Crippen molar-refractivity contribution in [1.29, 1.82) is 0 Å². The first-order valence-corrected chi connectivity index (χ1v) is 7.85. The summed E-state index contributed by atoms with van der Waals surface area (Å²) in [6, 6.07) is 0. The first kappa shape index (κ1) is 14.2. The molecule has 0 aromatic carbocycles. The third kappa shape index (κ3) is 2.28. The van der Waals surface area contributed by atoms with Crippen LogP contribution in [-0.2, 0) is 14.3 Å². The zero-order valence-electron chi connectivity index (χ0n) is 12.8. The predicted molar refractivity (Wildman–Crippen MR) is 83.2 cm³/mol. The zero-order chi connectivity index (χ0) is 16.0. The number of cyclic esters (lactones) is 1. The molecule has 2 heterocycles. The Kier molecular flexibility index (Phi) is 3.31. The minimum Gasteiger partial charge on any atom is -0.404 e. The molecule has 2 fully saturated rings. The zero-order valence-corrected chi connectivity index (χ0v) is 12.8. The fraction of sp³-hybridized carbons (Fsp3) is 0.333. The van der Waals surface area contributed by atoms with E-state index in [-0.39, 0.29) is 29.8 Å². The SMILES string of the molecule is CCN1C(=O)O/C(=C/C2=CCC3OC4C=CC=CC4C3=C2)C1=O. The number of hydrogen-bond donors (Lipinski definition) is 0. The lowest BCUT2D eigenvalue weighted by Crippen LogP contribution is -2.28. The van der Waals surface area contributed by atoms with E-state index >= 15 is 0 Å². The Morgan fingerprint density at radius 2 is 2.13 bits per heavy atom. The number of likely N-dealkylation sites (N-methyl/N-ethyl adjacent to an activating group) is 1. The Balaban J connectivity index is 1.60. The van der Waals surface area contributed by atoms with Crippen molar-refractivity contribution in [2.45, 2.75) is 25.6 Å². The summed E-state index contributed by atoms with van der Waals surface area (Å²) in [5, 5.41) is 0. The van der Waals surface area contributed by atoms with Crippen LogP contribution >= 0.6 is 0 Å². The molecule has 0 aromatic rings. The van der Waals surface area contributed by atoms with Crippen molar-refractivity contribution < 1.29 is 19.1 Å². The van der Waals surface area contributed by atoms with Gasteiger partial charge in [0.2, 0.25) is 0 Å². The first-order chi connectivity index (χ1) is 11.2. The van der Waals surface area contributed by atoms with Crippen LogP contribution in [0.2, 0.25) is 0 Å². The van der Waals surface area contributed by atoms with E-state index in [2.05, 4.69) is 12.2 Å². The number of amides is 2. The molecule has 2 aliphatic heterocycles. The highest BCUT2D eigenvalue weighted by molar-refractivity contribution is 6.07. The van der Waals surface area contributed by atoms with Gasteiger partial charge in [0.15, 0.2) is 5.76 Å². The van der Waals surface area contributed by atoms with E-state index in [1.165, 1.54) is 5.57 Å². The molecule has 0 N–H and O–H groups in total. The number of fused-ring (bicyclic) bond motifs is 3. The molecular formula is C18H17NO4. The van der Waals surface area contributed by atoms with E-state index in [0.29, 0.717) is 6.54 Å². The third-order valence-corrected chi connectivity index (χ3v) is 4.55. The Morgan fingerprint density at radius 3 is 2.91 bits per heavy atom. The minimum atomic E-state index is -0.602. The van der Waals surface area contributed by atoms with Crippen LogP contribution in [0.4, 0.5) is 4.79 Å². The van der Waals surface area contributed by atoms with Crippen molar-refractivity contribution in [1.82, 2.24) is 4.90 Å². The predicted octanol–water partition coefficient (Wildman–Crippen LogP) is 2.64. The molecule has 4 aliphatic rings. The fourth-order valence-corrected chi connectivity index (χ4v) is 3.40. The number of allylic oxidation sites excluding steroid dienone is 5. The van der Waals surface area contributed by atoms with Crippen LogP contribution < -0.4 is 0 Å². The lowest BCUT2D eigenvalue weighted by atomic mass is 9.85. The molecule has 0 radical (unpaired) electrons. The highest BCUT2D eigenvalue weighted by Gasteiger charge is 2.39. The maximum Gasteiger partial charge on any atom is 0.422 e. The van der Waals surface area contributed by atoms with Crippen molar-refractivity contribution in [3.8, 4) is 0 Å². The van der Waals surface area contributed by atoms with E-state index in [4.69, 9.17) is 9.47 Å². The molecule has 118 valence electrons. The van der Waals surface area contributed by atoms with Crippen LogP contribution in [0.15, 0.2) is 59.4 Å². The summed E-state index contributed by atoms with van der Waals surface area (Å²) in [7, 11) is 0. The molecule has 2 saturated heterocycles. The molecule has 5 heteroatoms. The Bertz CT molecular complexity index is 725. The lowest BCUT2D eigenvalue weighted by molar-refractivity contribution is -0.123. The van der Waals surface area contributed by atoms with Gasteiger partial charge in [-0.2, -0.15) is 0 Å². The number of imide groups is 1. The van der Waals surface area contributed by atoms with E-state index < -0.39 is 6.09 Å². The lowest BCUT2D eigenvalue weighted by Gasteiger charge is -2.17. The van der Waals surface area contributed by atoms with Gasteiger partial charge < -0.3 is 9.47 Å². The molecule has 5 nitrogen and oxygen atoms in total. The quantitative estimate of drug-likeness (QED) is 0.736. The van der Waals surface area contributed by atoms with Gasteiger partial charge in [0.25, 0.3) is 5.91 Å². The van der Waals surface area contributed by atoms with Crippen LogP contribution in [0.25, 0.3) is 0 Å². The summed E-state index contributed by atoms with van der Waals surface area (Å²) in [4.78, 5) is 24.8. The molecule has 23 heavy (non-hydrogen) atoms.